The van der Waals surface area contributed by atoms with Crippen LogP contribution in [-0.2, 0) is 0 Å². The average molecular weight is 204 g/mol. The summed E-state index contributed by atoms with van der Waals surface area (Å²) in [7, 11) is 2.13. The highest BCUT2D eigenvalue weighted by Gasteiger charge is 2.11. The Balaban J connectivity index is 3.81. The number of nitrogens with zero attached hydrogens (tertiary/aromatic N) is 1. The van der Waals surface area contributed by atoms with E-state index in [1.165, 1.54) is 6.42 Å². The first-order valence-electron chi connectivity index (χ1n) is 4.90. The highest BCUT2D eigenvalue weighted by molar-refractivity contribution is 6.19. The summed E-state index contributed by atoms with van der Waals surface area (Å²) < 4.78 is 0. The molecule has 0 aliphatic rings. The minimum atomic E-state index is 0.568. The van der Waals surface area contributed by atoms with Crippen LogP contribution in [0.3, 0.4) is 0 Å². The largest absolute Gasteiger partial charge is 0.300 e. The Kier molecular flexibility index (Phi) is 6.44. The maximum atomic E-state index is 5.68. The molecule has 1 unspecified atom stereocenters. The van der Waals surface area contributed by atoms with Crippen molar-refractivity contribution in [3.05, 3.63) is 12.2 Å². The molecule has 1 nitrogen and oxygen atoms in total. The summed E-state index contributed by atoms with van der Waals surface area (Å²) in [6.45, 7) is 11.6. The van der Waals surface area contributed by atoms with E-state index >= 15 is 0 Å². The Morgan fingerprint density at radius 2 is 1.92 bits per heavy atom. The zero-order chi connectivity index (χ0) is 10.4. The van der Waals surface area contributed by atoms with Gasteiger partial charge in [-0.25, -0.2) is 0 Å². The van der Waals surface area contributed by atoms with E-state index in [0.717, 1.165) is 18.0 Å². The van der Waals surface area contributed by atoms with Crippen LogP contribution in [-0.4, -0.2) is 30.4 Å². The van der Waals surface area contributed by atoms with Gasteiger partial charge in [0.2, 0.25) is 0 Å². The fourth-order valence-corrected chi connectivity index (χ4v) is 1.50. The predicted octanol–water partition coefficient (Wildman–Crippen LogP) is 3.15. The van der Waals surface area contributed by atoms with Gasteiger partial charge in [0.15, 0.2) is 0 Å². The molecule has 0 saturated carbocycles. The van der Waals surface area contributed by atoms with Gasteiger partial charge in [-0.15, -0.1) is 11.6 Å². The minimum Gasteiger partial charge on any atom is -0.300 e. The molecule has 0 bridgehead atoms. The van der Waals surface area contributed by atoms with E-state index in [2.05, 4.69) is 39.3 Å². The van der Waals surface area contributed by atoms with Crippen molar-refractivity contribution in [1.29, 1.82) is 0 Å². The molecule has 0 heterocycles. The van der Waals surface area contributed by atoms with Crippen molar-refractivity contribution in [2.24, 2.45) is 5.92 Å². The van der Waals surface area contributed by atoms with Crippen molar-refractivity contribution in [2.75, 3.05) is 19.5 Å². The molecule has 0 rings (SSSR count). The lowest BCUT2D eigenvalue weighted by Crippen LogP contribution is -2.32. The van der Waals surface area contributed by atoms with Crippen LogP contribution < -0.4 is 0 Å². The van der Waals surface area contributed by atoms with Gasteiger partial charge >= 0.3 is 0 Å². The van der Waals surface area contributed by atoms with E-state index in [9.17, 15) is 0 Å². The molecule has 0 saturated heterocycles. The van der Waals surface area contributed by atoms with E-state index in [-0.39, 0.29) is 0 Å². The summed E-state index contributed by atoms with van der Waals surface area (Å²) in [5.41, 5.74) is 1.10. The molecule has 0 amide bonds. The van der Waals surface area contributed by atoms with Gasteiger partial charge in [-0.1, -0.05) is 20.4 Å². The highest BCUT2D eigenvalue weighted by Crippen LogP contribution is 2.10. The Morgan fingerprint density at radius 3 is 2.31 bits per heavy atom. The van der Waals surface area contributed by atoms with Gasteiger partial charge in [-0.05, 0) is 31.9 Å². The molecule has 0 spiro atoms. The second kappa shape index (κ2) is 6.44. The Hall–Kier alpha value is -0.0100. The Bertz CT molecular complexity index is 154. The molecule has 0 aromatic heterocycles. The third-order valence-corrected chi connectivity index (χ3v) is 2.60. The van der Waals surface area contributed by atoms with Crippen molar-refractivity contribution < 1.29 is 0 Å². The summed E-state index contributed by atoms with van der Waals surface area (Å²) >= 11 is 5.68. The Labute approximate surface area is 87.8 Å². The van der Waals surface area contributed by atoms with Crippen molar-refractivity contribution in [3.63, 3.8) is 0 Å². The van der Waals surface area contributed by atoms with Crippen LogP contribution in [0.1, 0.15) is 27.2 Å². The van der Waals surface area contributed by atoms with Gasteiger partial charge in [-0.2, -0.15) is 0 Å². The minimum absolute atomic E-state index is 0.568. The maximum Gasteiger partial charge on any atom is 0.0443 e. The van der Waals surface area contributed by atoms with Gasteiger partial charge in [0.1, 0.15) is 0 Å². The van der Waals surface area contributed by atoms with Crippen LogP contribution in [0.4, 0.5) is 0 Å². The summed E-state index contributed by atoms with van der Waals surface area (Å²) in [5.74, 6) is 1.32. The quantitative estimate of drug-likeness (QED) is 0.474. The average Bonchev–Trinajstić information content (AvgIpc) is 2.02. The van der Waals surface area contributed by atoms with E-state index < -0.39 is 0 Å². The second-order valence-corrected chi connectivity index (χ2v) is 4.54. The third-order valence-electron chi connectivity index (χ3n) is 2.23. The summed E-state index contributed by atoms with van der Waals surface area (Å²) in [5, 5.41) is 0. The molecule has 0 aliphatic carbocycles. The first-order valence-corrected chi connectivity index (χ1v) is 5.43. The van der Waals surface area contributed by atoms with E-state index in [0.29, 0.717) is 11.9 Å². The van der Waals surface area contributed by atoms with Gasteiger partial charge in [-0.3, -0.25) is 4.90 Å². The number of alkyl halides is 1. The number of hydrogen-bond acceptors (Lipinski definition) is 1. The van der Waals surface area contributed by atoms with Gasteiger partial charge < -0.3 is 0 Å². The molecule has 0 fully saturated rings. The standard InChI is InChI=1S/C11H22ClN/c1-9(2)6-11(4)13(5)8-10(3)7-12/h9,11H,3,6-8H2,1-2,4-5H3. The molecule has 78 valence electrons. The zero-order valence-corrected chi connectivity index (χ0v) is 10.1. The maximum absolute atomic E-state index is 5.68. The zero-order valence-electron chi connectivity index (χ0n) is 9.31. The lowest BCUT2D eigenvalue weighted by Gasteiger charge is -2.26. The molecular formula is C11H22ClN. The molecule has 0 radical (unpaired) electrons. The molecule has 1 atom stereocenters. The summed E-state index contributed by atoms with van der Waals surface area (Å²) in [6, 6.07) is 0.611. The fraction of sp³-hybridized carbons (Fsp3) is 0.818. The lowest BCUT2D eigenvalue weighted by atomic mass is 10.0. The molecule has 0 N–H and O–H groups in total. The van der Waals surface area contributed by atoms with Crippen molar-refractivity contribution in [1.82, 2.24) is 4.90 Å². The smallest absolute Gasteiger partial charge is 0.0443 e. The van der Waals surface area contributed by atoms with E-state index in [1.807, 2.05) is 0 Å². The molecule has 2 heteroatoms. The van der Waals surface area contributed by atoms with Crippen LogP contribution in [0, 0.1) is 5.92 Å². The van der Waals surface area contributed by atoms with E-state index in [4.69, 9.17) is 11.6 Å². The normalized spacial score (nSPS) is 13.8. The van der Waals surface area contributed by atoms with Crippen LogP contribution in [0.15, 0.2) is 12.2 Å². The highest BCUT2D eigenvalue weighted by atomic mass is 35.5. The Morgan fingerprint density at radius 1 is 1.38 bits per heavy atom. The first-order chi connectivity index (χ1) is 5.97. The van der Waals surface area contributed by atoms with Gasteiger partial charge in [0.05, 0.1) is 0 Å². The molecule has 13 heavy (non-hydrogen) atoms. The number of likely N-dealkylation sites (N-methyl/N-ethyl adjacent to an activating group) is 1. The first kappa shape index (κ1) is 13.0. The van der Waals surface area contributed by atoms with Crippen LogP contribution in [0.2, 0.25) is 0 Å². The van der Waals surface area contributed by atoms with Gasteiger partial charge in [0.25, 0.3) is 0 Å². The third kappa shape index (κ3) is 6.11. The number of halogens is 1. The second-order valence-electron chi connectivity index (χ2n) is 4.28. The number of rotatable bonds is 6. The SMILES string of the molecule is C=C(CCl)CN(C)C(C)CC(C)C. The number of hydrogen-bond donors (Lipinski definition) is 0. The van der Waals surface area contributed by atoms with Crippen molar-refractivity contribution in [3.8, 4) is 0 Å². The van der Waals surface area contributed by atoms with E-state index in [1.54, 1.807) is 0 Å². The van der Waals surface area contributed by atoms with Crippen molar-refractivity contribution in [2.45, 2.75) is 33.2 Å². The van der Waals surface area contributed by atoms with Crippen LogP contribution >= 0.6 is 11.6 Å². The summed E-state index contributed by atoms with van der Waals surface area (Å²) in [4.78, 5) is 2.31. The predicted molar refractivity (Wildman–Crippen MR) is 61.4 cm³/mol. The summed E-state index contributed by atoms with van der Waals surface area (Å²) in [6.07, 6.45) is 1.23. The monoisotopic (exact) mass is 203 g/mol. The fourth-order valence-electron chi connectivity index (χ4n) is 1.41. The van der Waals surface area contributed by atoms with Gasteiger partial charge in [0, 0.05) is 18.5 Å². The van der Waals surface area contributed by atoms with Crippen LogP contribution in [0.25, 0.3) is 0 Å². The molecular weight excluding hydrogens is 182 g/mol. The topological polar surface area (TPSA) is 3.24 Å². The molecule has 0 aromatic carbocycles. The lowest BCUT2D eigenvalue weighted by molar-refractivity contribution is 0.245. The molecule has 0 aromatic rings. The molecule has 0 aliphatic heterocycles. The van der Waals surface area contributed by atoms with Crippen LogP contribution in [0.5, 0.6) is 0 Å². The van der Waals surface area contributed by atoms with Crippen molar-refractivity contribution >= 4 is 11.6 Å².